The molecule has 4 rings (SSSR count). The highest BCUT2D eigenvalue weighted by Gasteiger charge is 2.44. The standard InChI is InChI=1S/C22H20N2O/c25-21-12-11-17-7-1-2-10-20(17)22(21,15-18-8-3-5-13-23-18)16-19-9-4-6-14-24-19/h1-10,13-14H,11-12,15-16H2. The molecule has 0 amide bonds. The highest BCUT2D eigenvalue weighted by molar-refractivity contribution is 5.93. The second kappa shape index (κ2) is 6.60. The lowest BCUT2D eigenvalue weighted by Gasteiger charge is -2.37. The number of ketones is 1. The van der Waals surface area contributed by atoms with Crippen LogP contribution in [-0.4, -0.2) is 15.8 Å². The maximum atomic E-state index is 13.2. The van der Waals surface area contributed by atoms with E-state index < -0.39 is 5.41 Å². The van der Waals surface area contributed by atoms with Crippen LogP contribution in [0.1, 0.15) is 28.9 Å². The highest BCUT2D eigenvalue weighted by Crippen LogP contribution is 2.39. The molecule has 3 aromatic rings. The number of hydrogen-bond donors (Lipinski definition) is 0. The normalized spacial score (nSPS) is 15.6. The van der Waals surface area contributed by atoms with Gasteiger partial charge in [0.05, 0.1) is 5.41 Å². The van der Waals surface area contributed by atoms with Crippen LogP contribution in [0.5, 0.6) is 0 Å². The molecule has 3 heteroatoms. The monoisotopic (exact) mass is 328 g/mol. The van der Waals surface area contributed by atoms with Crippen molar-refractivity contribution in [3.63, 3.8) is 0 Å². The van der Waals surface area contributed by atoms with Gasteiger partial charge in [-0.2, -0.15) is 0 Å². The van der Waals surface area contributed by atoms with E-state index in [2.05, 4.69) is 28.2 Å². The van der Waals surface area contributed by atoms with Crippen molar-refractivity contribution >= 4 is 5.78 Å². The number of aromatic nitrogens is 2. The first-order valence-electron chi connectivity index (χ1n) is 8.69. The fourth-order valence-electron chi connectivity index (χ4n) is 3.92. The van der Waals surface area contributed by atoms with Crippen LogP contribution in [-0.2, 0) is 29.5 Å². The van der Waals surface area contributed by atoms with E-state index in [0.717, 1.165) is 23.4 Å². The Morgan fingerprint density at radius 3 is 1.96 bits per heavy atom. The molecule has 0 saturated heterocycles. The molecule has 0 unspecified atom stereocenters. The van der Waals surface area contributed by atoms with Gasteiger partial charge in [-0.15, -0.1) is 0 Å². The summed E-state index contributed by atoms with van der Waals surface area (Å²) in [5.74, 6) is 0.294. The van der Waals surface area contributed by atoms with Crippen LogP contribution >= 0.6 is 0 Å². The molecule has 2 heterocycles. The third-order valence-corrected chi connectivity index (χ3v) is 5.11. The van der Waals surface area contributed by atoms with Gasteiger partial charge in [-0.3, -0.25) is 14.8 Å². The van der Waals surface area contributed by atoms with Gasteiger partial charge in [-0.1, -0.05) is 36.4 Å². The molecule has 0 bridgehead atoms. The van der Waals surface area contributed by atoms with Crippen molar-refractivity contribution in [3.8, 4) is 0 Å². The topological polar surface area (TPSA) is 42.9 Å². The minimum absolute atomic E-state index is 0.294. The van der Waals surface area contributed by atoms with E-state index in [4.69, 9.17) is 0 Å². The molecule has 0 spiro atoms. The Kier molecular flexibility index (Phi) is 4.14. The lowest BCUT2D eigenvalue weighted by atomic mass is 9.64. The summed E-state index contributed by atoms with van der Waals surface area (Å²) in [4.78, 5) is 22.2. The van der Waals surface area contributed by atoms with Crippen LogP contribution in [0, 0.1) is 0 Å². The van der Waals surface area contributed by atoms with Gasteiger partial charge in [0.1, 0.15) is 5.78 Å². The average molecular weight is 328 g/mol. The van der Waals surface area contributed by atoms with Gasteiger partial charge >= 0.3 is 0 Å². The summed E-state index contributed by atoms with van der Waals surface area (Å²) < 4.78 is 0. The Balaban J connectivity index is 1.85. The SMILES string of the molecule is O=C1CCc2ccccc2C1(Cc1ccccn1)Cc1ccccn1. The summed E-state index contributed by atoms with van der Waals surface area (Å²) in [6.07, 6.45) is 6.21. The van der Waals surface area contributed by atoms with Crippen LogP contribution in [0.25, 0.3) is 0 Å². The third kappa shape index (κ3) is 2.98. The molecule has 0 atom stereocenters. The summed E-state index contributed by atoms with van der Waals surface area (Å²) in [5, 5.41) is 0. The molecule has 1 aliphatic carbocycles. The molecule has 0 radical (unpaired) electrons. The van der Waals surface area contributed by atoms with Gasteiger partial charge in [-0.25, -0.2) is 0 Å². The second-order valence-corrected chi connectivity index (χ2v) is 6.66. The molecule has 1 aromatic carbocycles. The number of aryl methyl sites for hydroxylation is 1. The predicted molar refractivity (Wildman–Crippen MR) is 97.3 cm³/mol. The summed E-state index contributed by atoms with van der Waals surface area (Å²) >= 11 is 0. The van der Waals surface area contributed by atoms with Gasteiger partial charge in [0.15, 0.2) is 0 Å². The van der Waals surface area contributed by atoms with E-state index in [1.54, 1.807) is 12.4 Å². The summed E-state index contributed by atoms with van der Waals surface area (Å²) in [6.45, 7) is 0. The number of benzene rings is 1. The lowest BCUT2D eigenvalue weighted by molar-refractivity contribution is -0.125. The first-order valence-corrected chi connectivity index (χ1v) is 8.69. The average Bonchev–Trinajstić information content (AvgIpc) is 2.67. The van der Waals surface area contributed by atoms with Crippen molar-refractivity contribution in [3.05, 3.63) is 95.6 Å². The van der Waals surface area contributed by atoms with Gasteiger partial charge in [0.25, 0.3) is 0 Å². The maximum absolute atomic E-state index is 13.2. The molecule has 0 aliphatic heterocycles. The molecule has 0 saturated carbocycles. The number of nitrogens with zero attached hydrogens (tertiary/aromatic N) is 2. The fourth-order valence-corrected chi connectivity index (χ4v) is 3.92. The quantitative estimate of drug-likeness (QED) is 0.733. The molecular formula is C22H20N2O. The Morgan fingerprint density at radius 2 is 1.36 bits per heavy atom. The van der Waals surface area contributed by atoms with E-state index in [0.29, 0.717) is 25.0 Å². The second-order valence-electron chi connectivity index (χ2n) is 6.66. The smallest absolute Gasteiger partial charge is 0.144 e. The number of pyridine rings is 2. The Labute approximate surface area is 147 Å². The zero-order chi connectivity index (χ0) is 17.1. The van der Waals surface area contributed by atoms with Gasteiger partial charge in [0, 0.05) is 43.0 Å². The van der Waals surface area contributed by atoms with Gasteiger partial charge in [0.2, 0.25) is 0 Å². The molecule has 25 heavy (non-hydrogen) atoms. The Hall–Kier alpha value is -2.81. The van der Waals surface area contributed by atoms with Crippen molar-refractivity contribution in [1.82, 2.24) is 9.97 Å². The maximum Gasteiger partial charge on any atom is 0.144 e. The minimum atomic E-state index is -0.586. The number of carbonyl (C=O) groups excluding carboxylic acids is 1. The van der Waals surface area contributed by atoms with Crippen LogP contribution in [0.4, 0.5) is 0 Å². The van der Waals surface area contributed by atoms with Crippen molar-refractivity contribution in [2.24, 2.45) is 0 Å². The summed E-state index contributed by atoms with van der Waals surface area (Å²) in [7, 11) is 0. The number of rotatable bonds is 4. The van der Waals surface area contributed by atoms with Crippen LogP contribution < -0.4 is 0 Å². The zero-order valence-corrected chi connectivity index (χ0v) is 14.1. The summed E-state index contributed by atoms with van der Waals surface area (Å²) in [6, 6.07) is 20.1. The first-order chi connectivity index (χ1) is 12.3. The van der Waals surface area contributed by atoms with E-state index >= 15 is 0 Å². The molecule has 3 nitrogen and oxygen atoms in total. The van der Waals surface area contributed by atoms with Crippen LogP contribution in [0.2, 0.25) is 0 Å². The zero-order valence-electron chi connectivity index (χ0n) is 14.1. The number of carbonyl (C=O) groups is 1. The van der Waals surface area contributed by atoms with Gasteiger partial charge < -0.3 is 0 Å². The Morgan fingerprint density at radius 1 is 0.760 bits per heavy atom. The van der Waals surface area contributed by atoms with E-state index in [9.17, 15) is 4.79 Å². The molecule has 0 fully saturated rings. The van der Waals surface area contributed by atoms with E-state index in [1.807, 2.05) is 42.5 Å². The molecule has 2 aromatic heterocycles. The largest absolute Gasteiger partial charge is 0.299 e. The Bertz CT molecular complexity index is 833. The predicted octanol–water partition coefficient (Wildman–Crippen LogP) is 3.72. The highest BCUT2D eigenvalue weighted by atomic mass is 16.1. The molecular weight excluding hydrogens is 308 g/mol. The van der Waals surface area contributed by atoms with Gasteiger partial charge in [-0.05, 0) is 41.8 Å². The van der Waals surface area contributed by atoms with E-state index in [-0.39, 0.29) is 0 Å². The molecule has 1 aliphatic rings. The van der Waals surface area contributed by atoms with Crippen molar-refractivity contribution in [1.29, 1.82) is 0 Å². The van der Waals surface area contributed by atoms with Crippen LogP contribution in [0.15, 0.2) is 73.1 Å². The summed E-state index contributed by atoms with van der Waals surface area (Å²) in [5.41, 5.74) is 3.72. The van der Waals surface area contributed by atoms with Crippen molar-refractivity contribution in [2.75, 3.05) is 0 Å². The number of fused-ring (bicyclic) bond motifs is 1. The molecule has 0 N–H and O–H groups in total. The minimum Gasteiger partial charge on any atom is -0.299 e. The van der Waals surface area contributed by atoms with Crippen LogP contribution in [0.3, 0.4) is 0 Å². The number of hydrogen-bond acceptors (Lipinski definition) is 3. The number of Topliss-reactive ketones (excluding diaryl/α,β-unsaturated/α-hetero) is 1. The van der Waals surface area contributed by atoms with Crippen molar-refractivity contribution < 1.29 is 4.79 Å². The first kappa shape index (κ1) is 15.7. The lowest BCUT2D eigenvalue weighted by Crippen LogP contribution is -2.44. The van der Waals surface area contributed by atoms with Crippen molar-refractivity contribution in [2.45, 2.75) is 31.1 Å². The fraction of sp³-hybridized carbons (Fsp3) is 0.227. The molecule has 124 valence electrons. The van der Waals surface area contributed by atoms with E-state index in [1.165, 1.54) is 5.56 Å². The third-order valence-electron chi connectivity index (χ3n) is 5.11.